The van der Waals surface area contributed by atoms with Crippen LogP contribution in [0.2, 0.25) is 5.02 Å². The van der Waals surface area contributed by atoms with Crippen LogP contribution < -0.4 is 10.0 Å². The molecule has 6 heteroatoms. The molecule has 0 unspecified atom stereocenters. The van der Waals surface area contributed by atoms with Crippen LogP contribution in [0.5, 0.6) is 0 Å². The summed E-state index contributed by atoms with van der Waals surface area (Å²) in [6.45, 7) is 1.88. The first-order valence-electron chi connectivity index (χ1n) is 6.42. The summed E-state index contributed by atoms with van der Waals surface area (Å²) in [7, 11) is 0. The van der Waals surface area contributed by atoms with E-state index in [4.69, 9.17) is 11.6 Å². The summed E-state index contributed by atoms with van der Waals surface area (Å²) in [5, 5.41) is 15.5. The highest BCUT2D eigenvalue weighted by Crippen LogP contribution is 2.22. The minimum absolute atomic E-state index is 0.142. The minimum atomic E-state index is -0.179. The third kappa shape index (κ3) is 4.37. The Balaban J connectivity index is 1.90. The van der Waals surface area contributed by atoms with Crippen molar-refractivity contribution in [1.29, 1.82) is 0 Å². The smallest absolute Gasteiger partial charge is 0.251 e. The van der Waals surface area contributed by atoms with Gasteiger partial charge >= 0.3 is 0 Å². The van der Waals surface area contributed by atoms with Crippen LogP contribution in [0, 0.1) is 5.21 Å². The minimum Gasteiger partial charge on any atom is -0.618 e. The molecule has 2 aromatic rings. The van der Waals surface area contributed by atoms with E-state index >= 15 is 0 Å². The Morgan fingerprint density at radius 2 is 2.05 bits per heavy atom. The van der Waals surface area contributed by atoms with E-state index in [9.17, 15) is 10.0 Å². The number of halogens is 1. The summed E-state index contributed by atoms with van der Waals surface area (Å²) < 4.78 is 0.745. The van der Waals surface area contributed by atoms with Gasteiger partial charge in [-0.25, -0.2) is 0 Å². The molecule has 1 N–H and O–H groups in total. The highest BCUT2D eigenvalue weighted by molar-refractivity contribution is 7.99. The Labute approximate surface area is 132 Å². The maximum Gasteiger partial charge on any atom is 0.251 e. The Hall–Kier alpha value is -1.72. The van der Waals surface area contributed by atoms with E-state index in [1.54, 1.807) is 24.3 Å². The number of amides is 1. The molecule has 0 spiro atoms. The normalized spacial score (nSPS) is 11.9. The number of pyridine rings is 1. The van der Waals surface area contributed by atoms with E-state index in [1.807, 2.05) is 25.1 Å². The van der Waals surface area contributed by atoms with Crippen molar-refractivity contribution in [3.63, 3.8) is 0 Å². The SMILES string of the molecule is C[C@H](NC(=O)CSc1cccc[n+]1[O-])c1ccccc1Cl. The van der Waals surface area contributed by atoms with Crippen LogP contribution in [-0.4, -0.2) is 11.7 Å². The van der Waals surface area contributed by atoms with Crippen LogP contribution in [-0.2, 0) is 4.79 Å². The standard InChI is InChI=1S/C15H15ClN2O2S/c1-11(12-6-2-3-7-13(12)16)17-14(19)10-21-15-8-4-5-9-18(15)20/h2-9,11H,10H2,1H3,(H,17,19)/t11-/m0/s1. The van der Waals surface area contributed by atoms with Crippen molar-refractivity contribution in [2.45, 2.75) is 18.0 Å². The van der Waals surface area contributed by atoms with Gasteiger partial charge < -0.3 is 10.5 Å². The average Bonchev–Trinajstić information content (AvgIpc) is 2.46. The van der Waals surface area contributed by atoms with Gasteiger partial charge in [-0.05, 0) is 36.4 Å². The number of benzene rings is 1. The molecule has 4 nitrogen and oxygen atoms in total. The van der Waals surface area contributed by atoms with Crippen LogP contribution in [0.25, 0.3) is 0 Å². The highest BCUT2D eigenvalue weighted by atomic mass is 35.5. The first-order chi connectivity index (χ1) is 10.1. The van der Waals surface area contributed by atoms with Gasteiger partial charge in [0, 0.05) is 17.2 Å². The van der Waals surface area contributed by atoms with Crippen molar-refractivity contribution in [3.05, 3.63) is 64.5 Å². The molecule has 0 radical (unpaired) electrons. The maximum atomic E-state index is 11.9. The fourth-order valence-electron chi connectivity index (χ4n) is 1.85. The molecule has 0 aliphatic carbocycles. The van der Waals surface area contributed by atoms with Gasteiger partial charge in [0.25, 0.3) is 5.03 Å². The van der Waals surface area contributed by atoms with E-state index in [2.05, 4.69) is 5.32 Å². The fourth-order valence-corrected chi connectivity index (χ4v) is 2.88. The zero-order chi connectivity index (χ0) is 15.2. The Morgan fingerprint density at radius 3 is 2.76 bits per heavy atom. The lowest BCUT2D eigenvalue weighted by Crippen LogP contribution is -2.31. The van der Waals surface area contributed by atoms with Crippen molar-refractivity contribution in [1.82, 2.24) is 5.32 Å². The lowest BCUT2D eigenvalue weighted by molar-refractivity contribution is -0.645. The summed E-state index contributed by atoms with van der Waals surface area (Å²) in [5.41, 5.74) is 0.871. The Bertz CT molecular complexity index is 637. The molecule has 0 aliphatic rings. The van der Waals surface area contributed by atoms with Crippen LogP contribution >= 0.6 is 23.4 Å². The molecule has 1 aromatic carbocycles. The fraction of sp³-hybridized carbons (Fsp3) is 0.200. The van der Waals surface area contributed by atoms with E-state index in [0.717, 1.165) is 10.3 Å². The number of nitrogens with zero attached hydrogens (tertiary/aromatic N) is 1. The molecule has 0 saturated heterocycles. The number of aromatic nitrogens is 1. The second-order valence-corrected chi connectivity index (χ2v) is 5.87. The number of nitrogens with one attached hydrogen (secondary N) is 1. The second kappa shape index (κ2) is 7.33. The number of rotatable bonds is 5. The first-order valence-corrected chi connectivity index (χ1v) is 7.79. The van der Waals surface area contributed by atoms with Gasteiger partial charge in [-0.2, -0.15) is 4.73 Å². The summed E-state index contributed by atoms with van der Waals surface area (Å²) in [4.78, 5) is 11.9. The van der Waals surface area contributed by atoms with Crippen LogP contribution in [0.3, 0.4) is 0 Å². The number of carbonyl (C=O) groups is 1. The largest absolute Gasteiger partial charge is 0.618 e. The van der Waals surface area contributed by atoms with Crippen LogP contribution in [0.1, 0.15) is 18.5 Å². The van der Waals surface area contributed by atoms with Gasteiger partial charge in [-0.3, -0.25) is 4.79 Å². The molecule has 21 heavy (non-hydrogen) atoms. The molecule has 0 bridgehead atoms. The summed E-state index contributed by atoms with van der Waals surface area (Å²) in [6.07, 6.45) is 1.41. The maximum absolute atomic E-state index is 11.9. The molecule has 1 aromatic heterocycles. The van der Waals surface area contributed by atoms with Crippen molar-refractivity contribution in [2.75, 3.05) is 5.75 Å². The zero-order valence-corrected chi connectivity index (χ0v) is 13.0. The molecule has 0 fully saturated rings. The Morgan fingerprint density at radius 1 is 1.33 bits per heavy atom. The average molecular weight is 323 g/mol. The predicted octanol–water partition coefficient (Wildman–Crippen LogP) is 2.94. The zero-order valence-electron chi connectivity index (χ0n) is 11.5. The highest BCUT2D eigenvalue weighted by Gasteiger charge is 2.14. The quantitative estimate of drug-likeness (QED) is 0.523. The number of hydrogen-bond acceptors (Lipinski definition) is 3. The number of thioether (sulfide) groups is 1. The summed E-state index contributed by atoms with van der Waals surface area (Å²) >= 11 is 7.30. The van der Waals surface area contributed by atoms with E-state index < -0.39 is 0 Å². The molecular weight excluding hydrogens is 308 g/mol. The molecular formula is C15H15ClN2O2S. The molecule has 2 rings (SSSR count). The van der Waals surface area contributed by atoms with Crippen molar-refractivity contribution < 1.29 is 9.52 Å². The van der Waals surface area contributed by atoms with Crippen LogP contribution in [0.4, 0.5) is 0 Å². The molecule has 0 aliphatic heterocycles. The van der Waals surface area contributed by atoms with Gasteiger partial charge in [-0.15, -0.1) is 0 Å². The molecule has 110 valence electrons. The lowest BCUT2D eigenvalue weighted by Gasteiger charge is -2.15. The number of hydrogen-bond donors (Lipinski definition) is 1. The van der Waals surface area contributed by atoms with Gasteiger partial charge in [0.15, 0.2) is 6.20 Å². The van der Waals surface area contributed by atoms with E-state index in [-0.39, 0.29) is 17.7 Å². The van der Waals surface area contributed by atoms with Gasteiger partial charge in [0.05, 0.1) is 11.8 Å². The first kappa shape index (κ1) is 15.7. The summed E-state index contributed by atoms with van der Waals surface area (Å²) in [5.74, 6) is 0.0393. The van der Waals surface area contributed by atoms with Gasteiger partial charge in [-0.1, -0.05) is 29.8 Å². The van der Waals surface area contributed by atoms with E-state index in [1.165, 1.54) is 18.0 Å². The van der Waals surface area contributed by atoms with Crippen molar-refractivity contribution >= 4 is 29.3 Å². The Kier molecular flexibility index (Phi) is 5.47. The lowest BCUT2D eigenvalue weighted by atomic mass is 10.1. The molecule has 1 atom stereocenters. The van der Waals surface area contributed by atoms with Crippen molar-refractivity contribution in [2.24, 2.45) is 0 Å². The third-order valence-corrected chi connectivity index (χ3v) is 4.25. The van der Waals surface area contributed by atoms with Crippen LogP contribution in [0.15, 0.2) is 53.7 Å². The number of carbonyl (C=O) groups excluding carboxylic acids is 1. The topological polar surface area (TPSA) is 56.0 Å². The van der Waals surface area contributed by atoms with Gasteiger partial charge in [0.1, 0.15) is 0 Å². The molecule has 0 saturated carbocycles. The third-order valence-electron chi connectivity index (χ3n) is 2.89. The monoisotopic (exact) mass is 322 g/mol. The summed E-state index contributed by atoms with van der Waals surface area (Å²) in [6, 6.07) is 12.3. The molecule has 1 heterocycles. The molecule has 1 amide bonds. The van der Waals surface area contributed by atoms with E-state index in [0.29, 0.717) is 10.0 Å². The second-order valence-electron chi connectivity index (χ2n) is 4.46. The predicted molar refractivity (Wildman–Crippen MR) is 84.1 cm³/mol. The van der Waals surface area contributed by atoms with Crippen molar-refractivity contribution in [3.8, 4) is 0 Å². The van der Waals surface area contributed by atoms with Gasteiger partial charge in [0.2, 0.25) is 5.91 Å².